The van der Waals surface area contributed by atoms with E-state index in [0.717, 1.165) is 19.4 Å². The Kier molecular flexibility index (Phi) is 3.70. The summed E-state index contributed by atoms with van der Waals surface area (Å²) >= 11 is 0. The first-order chi connectivity index (χ1) is 8.15. The van der Waals surface area contributed by atoms with Crippen LogP contribution in [0.3, 0.4) is 0 Å². The zero-order valence-electron chi connectivity index (χ0n) is 10.4. The van der Waals surface area contributed by atoms with Gasteiger partial charge in [0.15, 0.2) is 0 Å². The van der Waals surface area contributed by atoms with Gasteiger partial charge in [0.2, 0.25) is 5.91 Å². The Morgan fingerprint density at radius 3 is 2.76 bits per heavy atom. The summed E-state index contributed by atoms with van der Waals surface area (Å²) in [6, 6.07) is 0.329. The molecule has 2 rings (SSSR count). The maximum atomic E-state index is 11.8. The van der Waals surface area contributed by atoms with Crippen LogP contribution in [0.25, 0.3) is 0 Å². The summed E-state index contributed by atoms with van der Waals surface area (Å²) in [6.45, 7) is 2.59. The standard InChI is InChI=1S/C12H22N2O3/c1-2-12(7-15,8-16)13-9-6-11(17)14-5-3-4-10(9)14/h9-10,13,15-16H,2-8H2,1H3. The summed E-state index contributed by atoms with van der Waals surface area (Å²) < 4.78 is 0. The molecular formula is C12H22N2O3. The van der Waals surface area contributed by atoms with Gasteiger partial charge in [0, 0.05) is 25.0 Å². The van der Waals surface area contributed by atoms with Gasteiger partial charge in [0.25, 0.3) is 0 Å². The molecule has 2 atom stereocenters. The summed E-state index contributed by atoms with van der Waals surface area (Å²) in [5.41, 5.74) is -0.649. The van der Waals surface area contributed by atoms with Gasteiger partial charge < -0.3 is 20.4 Å². The Morgan fingerprint density at radius 2 is 2.18 bits per heavy atom. The summed E-state index contributed by atoms with van der Waals surface area (Å²) in [7, 11) is 0. The molecule has 2 aliphatic rings. The van der Waals surface area contributed by atoms with Crippen LogP contribution >= 0.6 is 0 Å². The number of hydrogen-bond donors (Lipinski definition) is 3. The van der Waals surface area contributed by atoms with E-state index in [2.05, 4.69) is 5.32 Å². The highest BCUT2D eigenvalue weighted by Crippen LogP contribution is 2.30. The molecule has 2 fully saturated rings. The van der Waals surface area contributed by atoms with E-state index in [-0.39, 0.29) is 31.2 Å². The van der Waals surface area contributed by atoms with Crippen LogP contribution in [0.15, 0.2) is 0 Å². The number of aliphatic hydroxyl groups excluding tert-OH is 2. The Morgan fingerprint density at radius 1 is 1.47 bits per heavy atom. The summed E-state index contributed by atoms with van der Waals surface area (Å²) in [6.07, 6.45) is 3.23. The van der Waals surface area contributed by atoms with Crippen molar-refractivity contribution in [3.05, 3.63) is 0 Å². The van der Waals surface area contributed by atoms with E-state index in [0.29, 0.717) is 12.8 Å². The second kappa shape index (κ2) is 4.92. The van der Waals surface area contributed by atoms with Crippen molar-refractivity contribution in [2.24, 2.45) is 0 Å². The highest BCUT2D eigenvalue weighted by molar-refractivity contribution is 5.80. The van der Waals surface area contributed by atoms with E-state index in [1.54, 1.807) is 0 Å². The predicted molar refractivity (Wildman–Crippen MR) is 63.5 cm³/mol. The van der Waals surface area contributed by atoms with Gasteiger partial charge in [0.05, 0.1) is 18.8 Å². The lowest BCUT2D eigenvalue weighted by molar-refractivity contribution is -0.127. The van der Waals surface area contributed by atoms with Gasteiger partial charge in [-0.3, -0.25) is 4.79 Å². The molecular weight excluding hydrogens is 220 g/mol. The zero-order chi connectivity index (χ0) is 12.5. The molecule has 0 radical (unpaired) electrons. The normalized spacial score (nSPS) is 28.9. The number of aliphatic hydroxyl groups is 2. The lowest BCUT2D eigenvalue weighted by atomic mass is 9.94. The average molecular weight is 242 g/mol. The Balaban J connectivity index is 2.06. The smallest absolute Gasteiger partial charge is 0.224 e. The lowest BCUT2D eigenvalue weighted by Crippen LogP contribution is -2.57. The van der Waals surface area contributed by atoms with E-state index in [1.165, 1.54) is 0 Å². The van der Waals surface area contributed by atoms with Crippen LogP contribution in [-0.2, 0) is 4.79 Å². The van der Waals surface area contributed by atoms with Crippen LogP contribution in [0.1, 0.15) is 32.6 Å². The molecule has 2 saturated heterocycles. The molecule has 0 aromatic heterocycles. The maximum absolute atomic E-state index is 11.8. The van der Waals surface area contributed by atoms with E-state index < -0.39 is 5.54 Å². The molecule has 3 N–H and O–H groups in total. The highest BCUT2D eigenvalue weighted by Gasteiger charge is 2.44. The van der Waals surface area contributed by atoms with Crippen molar-refractivity contribution in [3.8, 4) is 0 Å². The van der Waals surface area contributed by atoms with Crippen molar-refractivity contribution >= 4 is 5.91 Å². The number of carbonyl (C=O) groups is 1. The van der Waals surface area contributed by atoms with Crippen molar-refractivity contribution in [2.45, 2.75) is 50.2 Å². The Labute approximate surface area is 102 Å². The molecule has 0 aliphatic carbocycles. The van der Waals surface area contributed by atoms with Crippen LogP contribution in [0.2, 0.25) is 0 Å². The van der Waals surface area contributed by atoms with Crippen LogP contribution in [0.5, 0.6) is 0 Å². The second-order valence-corrected chi connectivity index (χ2v) is 5.20. The van der Waals surface area contributed by atoms with Gasteiger partial charge in [-0.25, -0.2) is 0 Å². The van der Waals surface area contributed by atoms with Crippen molar-refractivity contribution < 1.29 is 15.0 Å². The van der Waals surface area contributed by atoms with Crippen LogP contribution in [0, 0.1) is 0 Å². The minimum absolute atomic E-state index is 0.0734. The number of nitrogens with zero attached hydrogens (tertiary/aromatic N) is 1. The molecule has 0 saturated carbocycles. The summed E-state index contributed by atoms with van der Waals surface area (Å²) in [4.78, 5) is 13.7. The molecule has 5 nitrogen and oxygen atoms in total. The molecule has 0 spiro atoms. The zero-order valence-corrected chi connectivity index (χ0v) is 10.4. The first-order valence-electron chi connectivity index (χ1n) is 6.44. The van der Waals surface area contributed by atoms with Crippen LogP contribution in [-0.4, -0.2) is 58.4 Å². The Hall–Kier alpha value is -0.650. The fourth-order valence-electron chi connectivity index (χ4n) is 2.97. The highest BCUT2D eigenvalue weighted by atomic mass is 16.3. The van der Waals surface area contributed by atoms with Gasteiger partial charge in [-0.1, -0.05) is 6.92 Å². The first kappa shape index (κ1) is 12.8. The number of rotatable bonds is 5. The molecule has 98 valence electrons. The summed E-state index contributed by atoms with van der Waals surface area (Å²) in [5.74, 6) is 0.200. The molecule has 2 aliphatic heterocycles. The van der Waals surface area contributed by atoms with Gasteiger partial charge in [0.1, 0.15) is 0 Å². The topological polar surface area (TPSA) is 72.8 Å². The Bertz CT molecular complexity index is 283. The van der Waals surface area contributed by atoms with Gasteiger partial charge >= 0.3 is 0 Å². The van der Waals surface area contributed by atoms with Gasteiger partial charge in [-0.05, 0) is 19.3 Å². The minimum Gasteiger partial charge on any atom is -0.394 e. The molecule has 2 heterocycles. The molecule has 0 aromatic carbocycles. The third-order valence-electron chi connectivity index (χ3n) is 4.25. The number of amides is 1. The molecule has 0 aromatic rings. The molecule has 17 heavy (non-hydrogen) atoms. The monoisotopic (exact) mass is 242 g/mol. The lowest BCUT2D eigenvalue weighted by Gasteiger charge is -2.35. The number of hydrogen-bond acceptors (Lipinski definition) is 4. The third-order valence-corrected chi connectivity index (χ3v) is 4.25. The van der Waals surface area contributed by atoms with E-state index in [1.807, 2.05) is 11.8 Å². The van der Waals surface area contributed by atoms with E-state index in [9.17, 15) is 15.0 Å². The fourth-order valence-corrected chi connectivity index (χ4v) is 2.97. The number of nitrogens with one attached hydrogen (secondary N) is 1. The predicted octanol–water partition coefficient (Wildman–Crippen LogP) is -0.527. The van der Waals surface area contributed by atoms with E-state index >= 15 is 0 Å². The average Bonchev–Trinajstić information content (AvgIpc) is 2.92. The van der Waals surface area contributed by atoms with Crippen molar-refractivity contribution in [1.82, 2.24) is 10.2 Å². The second-order valence-electron chi connectivity index (χ2n) is 5.20. The van der Waals surface area contributed by atoms with E-state index in [4.69, 9.17) is 0 Å². The molecule has 1 amide bonds. The molecule has 0 bridgehead atoms. The largest absolute Gasteiger partial charge is 0.394 e. The van der Waals surface area contributed by atoms with Crippen molar-refractivity contribution in [1.29, 1.82) is 0 Å². The SMILES string of the molecule is CCC(CO)(CO)NC1CC(=O)N2CCCC12. The van der Waals surface area contributed by atoms with Gasteiger partial charge in [-0.15, -0.1) is 0 Å². The van der Waals surface area contributed by atoms with Crippen molar-refractivity contribution in [3.63, 3.8) is 0 Å². The summed E-state index contributed by atoms with van der Waals surface area (Å²) in [5, 5.41) is 22.2. The van der Waals surface area contributed by atoms with Crippen LogP contribution < -0.4 is 5.32 Å². The first-order valence-corrected chi connectivity index (χ1v) is 6.44. The van der Waals surface area contributed by atoms with Gasteiger partial charge in [-0.2, -0.15) is 0 Å². The third kappa shape index (κ3) is 2.19. The fraction of sp³-hybridized carbons (Fsp3) is 0.917. The maximum Gasteiger partial charge on any atom is 0.224 e. The quantitative estimate of drug-likeness (QED) is 0.606. The minimum atomic E-state index is -0.649. The van der Waals surface area contributed by atoms with Crippen LogP contribution in [0.4, 0.5) is 0 Å². The molecule has 5 heteroatoms. The van der Waals surface area contributed by atoms with Crippen molar-refractivity contribution in [2.75, 3.05) is 19.8 Å². The number of carbonyl (C=O) groups excluding carboxylic acids is 1. The number of fused-ring (bicyclic) bond motifs is 1. The molecule has 2 unspecified atom stereocenters.